The van der Waals surface area contributed by atoms with E-state index in [-0.39, 0.29) is 29.7 Å². The van der Waals surface area contributed by atoms with Crippen molar-refractivity contribution in [1.82, 2.24) is 15.2 Å². The fourth-order valence-electron chi connectivity index (χ4n) is 3.26. The van der Waals surface area contributed by atoms with Gasteiger partial charge in [-0.3, -0.25) is 4.99 Å². The molecule has 158 valence electrons. The smallest absolute Gasteiger partial charge is 0.194 e. The maximum atomic E-state index is 11.4. The lowest BCUT2D eigenvalue weighted by atomic mass is 10.1. The van der Waals surface area contributed by atoms with Crippen LogP contribution in [0.4, 0.5) is 5.82 Å². The number of aromatic nitrogens is 1. The number of nitrogens with one attached hydrogen (secondary N) is 1. The monoisotopic (exact) mass is 529 g/mol. The number of anilines is 1. The number of hydrogen-bond acceptors (Lipinski definition) is 5. The van der Waals surface area contributed by atoms with E-state index in [9.17, 15) is 8.42 Å². The summed E-state index contributed by atoms with van der Waals surface area (Å²) >= 11 is 0. The summed E-state index contributed by atoms with van der Waals surface area (Å²) in [6.07, 6.45) is 3.07. The van der Waals surface area contributed by atoms with E-state index >= 15 is 0 Å². The Morgan fingerprint density at radius 2 is 1.72 bits per heavy atom. The van der Waals surface area contributed by atoms with Crippen molar-refractivity contribution in [1.29, 1.82) is 0 Å². The van der Waals surface area contributed by atoms with Crippen molar-refractivity contribution in [2.24, 2.45) is 4.99 Å². The molecule has 0 bridgehead atoms. The first-order valence-corrected chi connectivity index (χ1v) is 11.4. The normalized spacial score (nSPS) is 15.0. The Balaban J connectivity index is 0.00000300. The van der Waals surface area contributed by atoms with E-state index in [1.807, 2.05) is 48.7 Å². The minimum Gasteiger partial charge on any atom is -0.353 e. The highest BCUT2D eigenvalue weighted by Crippen LogP contribution is 2.13. The van der Waals surface area contributed by atoms with E-state index in [4.69, 9.17) is 0 Å². The number of rotatable bonds is 5. The molecule has 0 spiro atoms. The Bertz CT molecular complexity index is 896. The summed E-state index contributed by atoms with van der Waals surface area (Å²) in [5, 5.41) is 3.40. The first-order chi connectivity index (χ1) is 13.4. The van der Waals surface area contributed by atoms with Crippen molar-refractivity contribution < 1.29 is 8.42 Å². The lowest BCUT2D eigenvalue weighted by Crippen LogP contribution is -2.52. The van der Waals surface area contributed by atoms with E-state index in [2.05, 4.69) is 25.1 Å². The van der Waals surface area contributed by atoms with Crippen LogP contribution in [0.3, 0.4) is 0 Å². The topological polar surface area (TPSA) is 77.9 Å². The SMILES string of the molecule is CN=C(NCc1ccc(CS(C)(=O)=O)cc1)N1CCN(c2ccccn2)CC1.I. The zero-order valence-electron chi connectivity index (χ0n) is 16.8. The number of aliphatic imine (C=N–C) groups is 1. The number of sulfone groups is 1. The summed E-state index contributed by atoms with van der Waals surface area (Å²) in [4.78, 5) is 13.4. The Kier molecular flexibility index (Phi) is 8.69. The second kappa shape index (κ2) is 10.8. The van der Waals surface area contributed by atoms with Crippen molar-refractivity contribution in [2.75, 3.05) is 44.4 Å². The van der Waals surface area contributed by atoms with Gasteiger partial charge >= 0.3 is 0 Å². The molecule has 7 nitrogen and oxygen atoms in total. The summed E-state index contributed by atoms with van der Waals surface area (Å²) in [5.74, 6) is 1.96. The molecule has 9 heteroatoms. The number of pyridine rings is 1. The molecule has 0 atom stereocenters. The van der Waals surface area contributed by atoms with Gasteiger partial charge in [0.05, 0.1) is 5.75 Å². The van der Waals surface area contributed by atoms with Crippen LogP contribution < -0.4 is 10.2 Å². The van der Waals surface area contributed by atoms with E-state index in [1.54, 1.807) is 7.05 Å². The van der Waals surface area contributed by atoms with Gasteiger partial charge < -0.3 is 15.1 Å². The van der Waals surface area contributed by atoms with Crippen molar-refractivity contribution in [3.05, 3.63) is 59.8 Å². The second-order valence-corrected chi connectivity index (χ2v) is 9.09. The molecule has 1 saturated heterocycles. The third-order valence-corrected chi connectivity index (χ3v) is 5.52. The van der Waals surface area contributed by atoms with Crippen molar-refractivity contribution in [3.8, 4) is 0 Å². The van der Waals surface area contributed by atoms with Gasteiger partial charge in [0.15, 0.2) is 15.8 Å². The molecule has 1 aromatic heterocycles. The molecular formula is C20H28IN5O2S. The van der Waals surface area contributed by atoms with Gasteiger partial charge in [0.25, 0.3) is 0 Å². The second-order valence-electron chi connectivity index (χ2n) is 6.95. The molecule has 2 heterocycles. The van der Waals surface area contributed by atoms with Crippen LogP contribution >= 0.6 is 24.0 Å². The number of guanidine groups is 1. The summed E-state index contributed by atoms with van der Waals surface area (Å²) < 4.78 is 22.8. The first kappa shape index (κ1) is 23.4. The van der Waals surface area contributed by atoms with Gasteiger partial charge in [0, 0.05) is 52.2 Å². The number of benzene rings is 1. The van der Waals surface area contributed by atoms with Crippen LogP contribution in [0.25, 0.3) is 0 Å². The molecule has 2 aromatic rings. The number of hydrogen-bond donors (Lipinski definition) is 1. The molecule has 1 fully saturated rings. The van der Waals surface area contributed by atoms with Crippen molar-refractivity contribution in [2.45, 2.75) is 12.3 Å². The Labute approximate surface area is 190 Å². The fraction of sp³-hybridized carbons (Fsp3) is 0.400. The highest BCUT2D eigenvalue weighted by Gasteiger charge is 2.20. The number of nitrogens with zero attached hydrogens (tertiary/aromatic N) is 4. The number of halogens is 1. The van der Waals surface area contributed by atoms with Gasteiger partial charge in [0.1, 0.15) is 5.82 Å². The quantitative estimate of drug-likeness (QED) is 0.364. The minimum absolute atomic E-state index is 0. The van der Waals surface area contributed by atoms with Gasteiger partial charge in [-0.05, 0) is 23.3 Å². The molecule has 0 radical (unpaired) electrons. The lowest BCUT2D eigenvalue weighted by molar-refractivity contribution is 0.371. The largest absolute Gasteiger partial charge is 0.353 e. The van der Waals surface area contributed by atoms with E-state index in [0.29, 0.717) is 6.54 Å². The molecule has 0 amide bonds. The Morgan fingerprint density at radius 1 is 1.07 bits per heavy atom. The van der Waals surface area contributed by atoms with E-state index < -0.39 is 9.84 Å². The maximum absolute atomic E-state index is 11.4. The molecular weight excluding hydrogens is 501 g/mol. The number of piperazine rings is 1. The van der Waals surface area contributed by atoms with Crippen LogP contribution in [0, 0.1) is 0 Å². The molecule has 3 rings (SSSR count). The minimum atomic E-state index is -3.01. The zero-order valence-corrected chi connectivity index (χ0v) is 19.9. The van der Waals surface area contributed by atoms with Gasteiger partial charge in [-0.1, -0.05) is 30.3 Å². The van der Waals surface area contributed by atoms with Gasteiger partial charge in [-0.25, -0.2) is 13.4 Å². The maximum Gasteiger partial charge on any atom is 0.194 e. The van der Waals surface area contributed by atoms with Crippen LogP contribution in [0.15, 0.2) is 53.7 Å². The third kappa shape index (κ3) is 7.14. The Morgan fingerprint density at radius 3 is 2.28 bits per heavy atom. The summed E-state index contributed by atoms with van der Waals surface area (Å²) in [7, 11) is -1.21. The van der Waals surface area contributed by atoms with Gasteiger partial charge in [-0.15, -0.1) is 24.0 Å². The molecule has 1 aliphatic heterocycles. The fourth-order valence-corrected chi connectivity index (χ4v) is 4.06. The average molecular weight is 529 g/mol. The molecule has 0 saturated carbocycles. The van der Waals surface area contributed by atoms with E-state index in [1.165, 1.54) is 6.26 Å². The lowest BCUT2D eigenvalue weighted by Gasteiger charge is -2.37. The molecule has 29 heavy (non-hydrogen) atoms. The van der Waals surface area contributed by atoms with Gasteiger partial charge in [0.2, 0.25) is 0 Å². The van der Waals surface area contributed by atoms with Crippen LogP contribution in [0.5, 0.6) is 0 Å². The average Bonchev–Trinajstić information content (AvgIpc) is 2.70. The van der Waals surface area contributed by atoms with Crippen LogP contribution in [-0.2, 0) is 22.1 Å². The predicted octanol–water partition coefficient (Wildman–Crippen LogP) is 2.14. The van der Waals surface area contributed by atoms with E-state index in [0.717, 1.165) is 49.1 Å². The predicted molar refractivity (Wildman–Crippen MR) is 129 cm³/mol. The zero-order chi connectivity index (χ0) is 20.0. The van der Waals surface area contributed by atoms with Crippen molar-refractivity contribution >= 4 is 45.6 Å². The highest BCUT2D eigenvalue weighted by atomic mass is 127. The Hall–Kier alpha value is -1.88. The summed E-state index contributed by atoms with van der Waals surface area (Å²) in [6.45, 7) is 4.20. The van der Waals surface area contributed by atoms with Crippen molar-refractivity contribution in [3.63, 3.8) is 0 Å². The highest BCUT2D eigenvalue weighted by molar-refractivity contribution is 14.0. The summed E-state index contributed by atoms with van der Waals surface area (Å²) in [6, 6.07) is 13.6. The first-order valence-electron chi connectivity index (χ1n) is 9.32. The molecule has 1 aromatic carbocycles. The molecule has 1 N–H and O–H groups in total. The third-order valence-electron chi connectivity index (χ3n) is 4.67. The molecule has 1 aliphatic rings. The molecule has 0 unspecified atom stereocenters. The van der Waals surface area contributed by atoms with Crippen LogP contribution in [0.2, 0.25) is 0 Å². The van der Waals surface area contributed by atoms with Gasteiger partial charge in [-0.2, -0.15) is 0 Å². The van der Waals surface area contributed by atoms with Crippen LogP contribution in [-0.4, -0.2) is 63.7 Å². The standard InChI is InChI=1S/C20H27N5O2S.HI/c1-21-20(23-15-17-6-8-18(9-7-17)16-28(2,26)27)25-13-11-24(12-14-25)19-5-3-4-10-22-19;/h3-10H,11-16H2,1-2H3,(H,21,23);1H. The van der Waals surface area contributed by atoms with Crippen LogP contribution in [0.1, 0.15) is 11.1 Å². The summed E-state index contributed by atoms with van der Waals surface area (Å²) in [5.41, 5.74) is 1.90. The molecule has 0 aliphatic carbocycles.